The summed E-state index contributed by atoms with van der Waals surface area (Å²) in [5.74, 6) is -2.51. The van der Waals surface area contributed by atoms with Gasteiger partial charge in [-0.3, -0.25) is 9.80 Å². The maximum Gasteiger partial charge on any atom is 0.328 e. The number of carboxylic acids is 2. The van der Waals surface area contributed by atoms with E-state index in [2.05, 4.69) is 88.7 Å². The zero-order valence-corrected chi connectivity index (χ0v) is 20.8. The highest BCUT2D eigenvalue weighted by Crippen LogP contribution is 2.42. The van der Waals surface area contributed by atoms with Gasteiger partial charge in [-0.15, -0.1) is 0 Å². The molecule has 3 aromatic carbocycles. The Morgan fingerprint density at radius 1 is 0.778 bits per heavy atom. The van der Waals surface area contributed by atoms with E-state index < -0.39 is 11.9 Å². The van der Waals surface area contributed by atoms with Crippen LogP contribution in [-0.4, -0.2) is 58.1 Å². The molecule has 2 heterocycles. The van der Waals surface area contributed by atoms with Crippen molar-refractivity contribution in [3.63, 3.8) is 0 Å². The van der Waals surface area contributed by atoms with Gasteiger partial charge in [0.15, 0.2) is 0 Å². The first kappa shape index (κ1) is 25.7. The topological polar surface area (TPSA) is 81.1 Å². The minimum Gasteiger partial charge on any atom is -0.478 e. The molecule has 2 aliphatic rings. The van der Waals surface area contributed by atoms with Crippen molar-refractivity contribution in [3.8, 4) is 0 Å². The van der Waals surface area contributed by atoms with E-state index in [1.807, 2.05) is 11.8 Å². The van der Waals surface area contributed by atoms with Gasteiger partial charge in [0.05, 0.1) is 0 Å². The van der Waals surface area contributed by atoms with E-state index in [0.717, 1.165) is 39.1 Å². The standard InChI is InChI=1S/C25H26N2S.C4H4O4/c1-2-8-20(9-3-1)19-26-14-16-27(17-15-26)23-18-21-10-4-6-12-24(21)28-25-13-7-5-11-22(23)25;5-3(6)1-2-4(7)8/h1-13,23H,14-19H2;1-2H,(H,5,6)(H,7,8)/b;2-1+. The predicted molar refractivity (Wildman–Crippen MR) is 141 cm³/mol. The summed E-state index contributed by atoms with van der Waals surface area (Å²) < 4.78 is 0. The molecule has 6 nitrogen and oxygen atoms in total. The zero-order valence-electron chi connectivity index (χ0n) is 20.0. The molecule has 2 N–H and O–H groups in total. The van der Waals surface area contributed by atoms with Crippen LogP contribution in [0, 0.1) is 0 Å². The largest absolute Gasteiger partial charge is 0.478 e. The Morgan fingerprint density at radius 2 is 1.36 bits per heavy atom. The summed E-state index contributed by atoms with van der Waals surface area (Å²) in [7, 11) is 0. The quantitative estimate of drug-likeness (QED) is 0.477. The molecule has 0 aromatic heterocycles. The first-order chi connectivity index (χ1) is 17.5. The van der Waals surface area contributed by atoms with Crippen LogP contribution in [0.25, 0.3) is 0 Å². The van der Waals surface area contributed by atoms with E-state index in [4.69, 9.17) is 10.2 Å². The van der Waals surface area contributed by atoms with Crippen LogP contribution < -0.4 is 0 Å². The number of carboxylic acid groups (broad SMARTS) is 2. The van der Waals surface area contributed by atoms with Crippen molar-refractivity contribution in [3.05, 3.63) is 108 Å². The Hall–Kier alpha value is -3.39. The maximum absolute atomic E-state index is 9.55. The molecule has 3 aromatic rings. The molecule has 0 amide bonds. The van der Waals surface area contributed by atoms with Crippen molar-refractivity contribution < 1.29 is 19.8 Å². The average Bonchev–Trinajstić information content (AvgIpc) is 3.06. The fraction of sp³-hybridized carbons (Fsp3) is 0.241. The second-order valence-corrected chi connectivity index (χ2v) is 9.86. The number of hydrogen-bond donors (Lipinski definition) is 2. The van der Waals surface area contributed by atoms with Gasteiger partial charge in [0.25, 0.3) is 0 Å². The summed E-state index contributed by atoms with van der Waals surface area (Å²) in [6.07, 6.45) is 2.23. The number of carbonyl (C=O) groups is 2. The Labute approximate surface area is 215 Å². The highest BCUT2D eigenvalue weighted by atomic mass is 32.2. The van der Waals surface area contributed by atoms with Gasteiger partial charge in [-0.05, 0) is 35.2 Å². The van der Waals surface area contributed by atoms with Crippen LogP contribution in [0.2, 0.25) is 0 Å². The first-order valence-corrected chi connectivity index (χ1v) is 12.8. The fourth-order valence-corrected chi connectivity index (χ4v) is 5.74. The van der Waals surface area contributed by atoms with Crippen molar-refractivity contribution >= 4 is 23.7 Å². The molecule has 7 heteroatoms. The molecule has 0 saturated carbocycles. The van der Waals surface area contributed by atoms with Crippen molar-refractivity contribution in [2.45, 2.75) is 28.8 Å². The van der Waals surface area contributed by atoms with E-state index >= 15 is 0 Å². The second-order valence-electron chi connectivity index (χ2n) is 8.78. The number of aliphatic carboxylic acids is 2. The molecule has 0 radical (unpaired) electrons. The van der Waals surface area contributed by atoms with E-state index in [9.17, 15) is 9.59 Å². The van der Waals surface area contributed by atoms with Crippen LogP contribution >= 0.6 is 11.8 Å². The predicted octanol–water partition coefficient (Wildman–Crippen LogP) is 4.96. The second kappa shape index (κ2) is 12.5. The van der Waals surface area contributed by atoms with Gasteiger partial charge in [-0.2, -0.15) is 0 Å². The van der Waals surface area contributed by atoms with Gasteiger partial charge < -0.3 is 10.2 Å². The van der Waals surface area contributed by atoms with Crippen LogP contribution in [0.1, 0.15) is 22.7 Å². The monoisotopic (exact) mass is 502 g/mol. The van der Waals surface area contributed by atoms with E-state index in [0.29, 0.717) is 18.2 Å². The number of nitrogens with zero attached hydrogens (tertiary/aromatic N) is 2. The maximum atomic E-state index is 9.55. The van der Waals surface area contributed by atoms with Gasteiger partial charge in [-0.25, -0.2) is 9.59 Å². The minimum atomic E-state index is -1.26. The van der Waals surface area contributed by atoms with Gasteiger partial charge in [-0.1, -0.05) is 78.5 Å². The summed E-state index contributed by atoms with van der Waals surface area (Å²) in [6.45, 7) is 5.62. The van der Waals surface area contributed by atoms with Gasteiger partial charge in [0.1, 0.15) is 0 Å². The summed E-state index contributed by atoms with van der Waals surface area (Å²) in [5.41, 5.74) is 4.40. The third-order valence-electron chi connectivity index (χ3n) is 6.35. The Balaban J connectivity index is 0.000000331. The van der Waals surface area contributed by atoms with Crippen molar-refractivity contribution in [1.29, 1.82) is 0 Å². The molecule has 1 atom stereocenters. The molecule has 0 aliphatic carbocycles. The third-order valence-corrected chi connectivity index (χ3v) is 7.56. The van der Waals surface area contributed by atoms with Crippen LogP contribution in [-0.2, 0) is 22.6 Å². The third kappa shape index (κ3) is 7.07. The Bertz CT molecular complexity index is 1190. The van der Waals surface area contributed by atoms with Crippen molar-refractivity contribution in [2.24, 2.45) is 0 Å². The number of rotatable bonds is 5. The molecular weight excluding hydrogens is 472 g/mol. The molecule has 1 fully saturated rings. The van der Waals surface area contributed by atoms with Gasteiger partial charge in [0.2, 0.25) is 0 Å². The van der Waals surface area contributed by atoms with E-state index in [1.165, 1.54) is 26.5 Å². The smallest absolute Gasteiger partial charge is 0.328 e. The molecule has 0 bridgehead atoms. The first-order valence-electron chi connectivity index (χ1n) is 12.0. The summed E-state index contributed by atoms with van der Waals surface area (Å²) in [6, 6.07) is 29.3. The molecule has 186 valence electrons. The zero-order chi connectivity index (χ0) is 25.3. The van der Waals surface area contributed by atoms with Gasteiger partial charge in [0, 0.05) is 60.7 Å². The number of hydrogen-bond acceptors (Lipinski definition) is 5. The number of fused-ring (bicyclic) bond motifs is 2. The van der Waals surface area contributed by atoms with Crippen molar-refractivity contribution in [2.75, 3.05) is 26.2 Å². The van der Waals surface area contributed by atoms with Gasteiger partial charge >= 0.3 is 11.9 Å². The SMILES string of the molecule is O=C(O)/C=C/C(=O)O.c1ccc(CN2CCN(C3Cc4ccccc4Sc4ccccc43)CC2)cc1. The molecule has 36 heavy (non-hydrogen) atoms. The van der Waals surface area contributed by atoms with Crippen LogP contribution in [0.5, 0.6) is 0 Å². The number of piperazine rings is 1. The van der Waals surface area contributed by atoms with Crippen molar-refractivity contribution in [1.82, 2.24) is 9.80 Å². The molecule has 1 unspecified atom stereocenters. The lowest BCUT2D eigenvalue weighted by molar-refractivity contribution is -0.134. The van der Waals surface area contributed by atoms with E-state index in [-0.39, 0.29) is 0 Å². The lowest BCUT2D eigenvalue weighted by Gasteiger charge is -2.39. The average molecular weight is 503 g/mol. The Morgan fingerprint density at radius 3 is 2.03 bits per heavy atom. The molecular formula is C29H30N2O4S. The normalized spacial score (nSPS) is 17.8. The molecule has 1 saturated heterocycles. The fourth-order valence-electron chi connectivity index (χ4n) is 4.60. The molecule has 0 spiro atoms. The highest BCUT2D eigenvalue weighted by molar-refractivity contribution is 7.99. The highest BCUT2D eigenvalue weighted by Gasteiger charge is 2.29. The van der Waals surface area contributed by atoms with E-state index in [1.54, 1.807) is 0 Å². The Kier molecular flexibility index (Phi) is 8.95. The lowest BCUT2D eigenvalue weighted by Crippen LogP contribution is -2.47. The summed E-state index contributed by atoms with van der Waals surface area (Å²) in [5, 5.41) is 15.6. The number of benzene rings is 3. The molecule has 2 aliphatic heterocycles. The molecule has 5 rings (SSSR count). The van der Waals surface area contributed by atoms with Crippen LogP contribution in [0.15, 0.2) is 101 Å². The van der Waals surface area contributed by atoms with Crippen LogP contribution in [0.3, 0.4) is 0 Å². The summed E-state index contributed by atoms with van der Waals surface area (Å²) in [4.78, 5) is 27.3. The minimum absolute atomic E-state index is 0.478. The summed E-state index contributed by atoms with van der Waals surface area (Å²) >= 11 is 1.94. The lowest BCUT2D eigenvalue weighted by atomic mass is 9.96. The van der Waals surface area contributed by atoms with Crippen LogP contribution in [0.4, 0.5) is 0 Å².